The topological polar surface area (TPSA) is 21.1 Å². The average Bonchev–Trinajstić information content (AvgIpc) is 2.44. The molecule has 0 saturated carbocycles. The van der Waals surface area contributed by atoms with E-state index in [0.29, 0.717) is 5.69 Å². The number of likely N-dealkylation sites (N-methyl/N-ethyl adjacent to an activating group) is 1. The molecular formula is C9H12F3N3. The number of imidazole rings is 1. The summed E-state index contributed by atoms with van der Waals surface area (Å²) in [6.07, 6.45) is -2.61. The summed E-state index contributed by atoms with van der Waals surface area (Å²) in [5, 5.41) is 0. The molecule has 1 aliphatic rings. The summed E-state index contributed by atoms with van der Waals surface area (Å²) in [6, 6.07) is -1.39. The van der Waals surface area contributed by atoms with E-state index in [4.69, 9.17) is 0 Å². The zero-order chi connectivity index (χ0) is 11.2. The maximum Gasteiger partial charge on any atom is 0.404 e. The Labute approximate surface area is 85.5 Å². The van der Waals surface area contributed by atoms with Crippen molar-refractivity contribution in [1.29, 1.82) is 0 Å². The quantitative estimate of drug-likeness (QED) is 0.656. The van der Waals surface area contributed by atoms with Crippen LogP contribution in [0.5, 0.6) is 0 Å². The lowest BCUT2D eigenvalue weighted by Crippen LogP contribution is -2.47. The Morgan fingerprint density at radius 3 is 2.67 bits per heavy atom. The number of aromatic nitrogens is 2. The van der Waals surface area contributed by atoms with Gasteiger partial charge in [-0.15, -0.1) is 0 Å². The van der Waals surface area contributed by atoms with Crippen LogP contribution in [0.1, 0.15) is 11.4 Å². The Morgan fingerprint density at radius 1 is 1.40 bits per heavy atom. The third-order valence-electron chi connectivity index (χ3n) is 2.84. The second kappa shape index (κ2) is 3.23. The summed E-state index contributed by atoms with van der Waals surface area (Å²) < 4.78 is 39.6. The minimum atomic E-state index is -4.17. The Balaban J connectivity index is 2.32. The fourth-order valence-corrected chi connectivity index (χ4v) is 1.95. The molecular weight excluding hydrogens is 207 g/mol. The van der Waals surface area contributed by atoms with Crippen molar-refractivity contribution in [3.05, 3.63) is 17.7 Å². The fourth-order valence-electron chi connectivity index (χ4n) is 1.95. The maximum absolute atomic E-state index is 12.7. The lowest BCUT2D eigenvalue weighted by Gasteiger charge is -2.33. The summed E-state index contributed by atoms with van der Waals surface area (Å²) in [7, 11) is 3.21. The van der Waals surface area contributed by atoms with Crippen molar-refractivity contribution in [3.63, 3.8) is 0 Å². The zero-order valence-electron chi connectivity index (χ0n) is 8.54. The normalized spacial score (nSPS) is 22.9. The predicted octanol–water partition coefficient (Wildman–Crippen LogP) is 1.34. The molecule has 0 aliphatic carbocycles. The number of hydrogen-bond donors (Lipinski definition) is 0. The predicted molar refractivity (Wildman–Crippen MR) is 48.2 cm³/mol. The molecule has 0 N–H and O–H groups in total. The first kappa shape index (κ1) is 10.5. The van der Waals surface area contributed by atoms with Crippen molar-refractivity contribution in [1.82, 2.24) is 14.5 Å². The van der Waals surface area contributed by atoms with E-state index < -0.39 is 12.2 Å². The molecule has 0 bridgehead atoms. The van der Waals surface area contributed by atoms with Crippen molar-refractivity contribution >= 4 is 0 Å². The minimum Gasteiger partial charge on any atom is -0.337 e. The number of alkyl halides is 3. The van der Waals surface area contributed by atoms with Crippen LogP contribution in [0.3, 0.4) is 0 Å². The SMILES string of the molecule is CN1Cc2ncn(C)c2CC1C(F)(F)F. The van der Waals surface area contributed by atoms with Gasteiger partial charge in [0.1, 0.15) is 6.04 Å². The first-order valence-electron chi connectivity index (χ1n) is 4.65. The Morgan fingerprint density at radius 2 is 2.07 bits per heavy atom. The summed E-state index contributed by atoms with van der Waals surface area (Å²) >= 11 is 0. The molecule has 0 spiro atoms. The minimum absolute atomic E-state index is 0.00810. The van der Waals surface area contributed by atoms with Crippen LogP contribution in [0.15, 0.2) is 6.33 Å². The average molecular weight is 219 g/mol. The maximum atomic E-state index is 12.7. The van der Waals surface area contributed by atoms with Gasteiger partial charge < -0.3 is 4.57 Å². The second-order valence-corrected chi connectivity index (χ2v) is 3.93. The van der Waals surface area contributed by atoms with E-state index in [1.54, 1.807) is 17.9 Å². The highest BCUT2D eigenvalue weighted by molar-refractivity contribution is 5.18. The zero-order valence-corrected chi connectivity index (χ0v) is 8.54. The van der Waals surface area contributed by atoms with Gasteiger partial charge >= 0.3 is 6.18 Å². The van der Waals surface area contributed by atoms with Crippen LogP contribution in [0.25, 0.3) is 0 Å². The highest BCUT2D eigenvalue weighted by Crippen LogP contribution is 2.31. The molecule has 1 atom stereocenters. The van der Waals surface area contributed by atoms with Crippen LogP contribution < -0.4 is 0 Å². The smallest absolute Gasteiger partial charge is 0.337 e. The van der Waals surface area contributed by atoms with Crippen molar-refractivity contribution in [2.24, 2.45) is 7.05 Å². The molecule has 2 heterocycles. The lowest BCUT2D eigenvalue weighted by molar-refractivity contribution is -0.184. The molecule has 1 aromatic heterocycles. The summed E-state index contributed by atoms with van der Waals surface area (Å²) in [5.41, 5.74) is 1.44. The summed E-state index contributed by atoms with van der Waals surface area (Å²) in [5.74, 6) is 0. The van der Waals surface area contributed by atoms with Gasteiger partial charge in [0.15, 0.2) is 0 Å². The molecule has 1 unspecified atom stereocenters. The van der Waals surface area contributed by atoms with E-state index in [1.165, 1.54) is 11.9 Å². The van der Waals surface area contributed by atoms with Gasteiger partial charge in [0.05, 0.1) is 12.0 Å². The van der Waals surface area contributed by atoms with Crippen LogP contribution in [0, 0.1) is 0 Å². The molecule has 1 aromatic rings. The van der Waals surface area contributed by atoms with Gasteiger partial charge in [-0.25, -0.2) is 4.98 Å². The number of aryl methyl sites for hydroxylation is 1. The lowest BCUT2D eigenvalue weighted by atomic mass is 10.0. The molecule has 1 aliphatic heterocycles. The fraction of sp³-hybridized carbons (Fsp3) is 0.667. The third-order valence-corrected chi connectivity index (χ3v) is 2.84. The number of fused-ring (bicyclic) bond motifs is 1. The van der Waals surface area contributed by atoms with Crippen molar-refractivity contribution < 1.29 is 13.2 Å². The Hall–Kier alpha value is -1.04. The van der Waals surface area contributed by atoms with Crippen LogP contribution in [-0.4, -0.2) is 33.7 Å². The van der Waals surface area contributed by atoms with Gasteiger partial charge in [0, 0.05) is 25.7 Å². The van der Waals surface area contributed by atoms with E-state index in [1.807, 2.05) is 0 Å². The molecule has 0 amide bonds. The van der Waals surface area contributed by atoms with Gasteiger partial charge in [-0.1, -0.05) is 0 Å². The molecule has 0 fully saturated rings. The number of hydrogen-bond acceptors (Lipinski definition) is 2. The number of rotatable bonds is 0. The molecule has 6 heteroatoms. The summed E-state index contributed by atoms with van der Waals surface area (Å²) in [6.45, 7) is 0.264. The number of halogens is 3. The standard InChI is InChI=1S/C9H12F3N3/c1-14-4-6-7(15(2)5-13-6)3-8(14)9(10,11)12/h5,8H,3-4H2,1-2H3. The number of nitrogens with zero attached hydrogens (tertiary/aromatic N) is 3. The molecule has 84 valence electrons. The molecule has 0 aromatic carbocycles. The van der Waals surface area contributed by atoms with Crippen molar-refractivity contribution in [3.8, 4) is 0 Å². The van der Waals surface area contributed by atoms with Crippen LogP contribution >= 0.6 is 0 Å². The highest BCUT2D eigenvalue weighted by atomic mass is 19.4. The van der Waals surface area contributed by atoms with Gasteiger partial charge in [-0.05, 0) is 7.05 Å². The molecule has 0 saturated heterocycles. The van der Waals surface area contributed by atoms with Crippen LogP contribution in [-0.2, 0) is 20.0 Å². The van der Waals surface area contributed by atoms with Crippen LogP contribution in [0.2, 0.25) is 0 Å². The monoisotopic (exact) mass is 219 g/mol. The largest absolute Gasteiger partial charge is 0.404 e. The third kappa shape index (κ3) is 1.73. The summed E-state index contributed by atoms with van der Waals surface area (Å²) in [4.78, 5) is 5.38. The second-order valence-electron chi connectivity index (χ2n) is 3.93. The van der Waals surface area contributed by atoms with E-state index >= 15 is 0 Å². The molecule has 0 radical (unpaired) electrons. The Bertz CT molecular complexity index is 369. The van der Waals surface area contributed by atoms with E-state index in [2.05, 4.69) is 4.98 Å². The van der Waals surface area contributed by atoms with Gasteiger partial charge in [-0.3, -0.25) is 4.90 Å². The Kier molecular flexibility index (Phi) is 2.26. The van der Waals surface area contributed by atoms with Gasteiger partial charge in [0.25, 0.3) is 0 Å². The molecule has 2 rings (SSSR count). The van der Waals surface area contributed by atoms with E-state index in [9.17, 15) is 13.2 Å². The molecule has 15 heavy (non-hydrogen) atoms. The van der Waals surface area contributed by atoms with Crippen LogP contribution in [0.4, 0.5) is 13.2 Å². The van der Waals surface area contributed by atoms with Crippen molar-refractivity contribution in [2.45, 2.75) is 25.2 Å². The highest BCUT2D eigenvalue weighted by Gasteiger charge is 2.45. The van der Waals surface area contributed by atoms with Gasteiger partial charge in [-0.2, -0.15) is 13.2 Å². The van der Waals surface area contributed by atoms with E-state index in [-0.39, 0.29) is 13.0 Å². The van der Waals surface area contributed by atoms with Gasteiger partial charge in [0.2, 0.25) is 0 Å². The first-order chi connectivity index (χ1) is 6.89. The van der Waals surface area contributed by atoms with Crippen molar-refractivity contribution in [2.75, 3.05) is 7.05 Å². The first-order valence-corrected chi connectivity index (χ1v) is 4.65. The molecule has 3 nitrogen and oxygen atoms in total. The van der Waals surface area contributed by atoms with E-state index in [0.717, 1.165) is 5.69 Å².